The van der Waals surface area contributed by atoms with E-state index >= 15 is 0 Å². The van der Waals surface area contributed by atoms with Gasteiger partial charge in [-0.2, -0.15) is 4.39 Å². The van der Waals surface area contributed by atoms with Crippen LogP contribution in [0.5, 0.6) is 5.75 Å². The molecule has 4 aromatic rings. The number of ether oxygens (including phenoxy) is 1. The van der Waals surface area contributed by atoms with Crippen LogP contribution in [-0.2, 0) is 0 Å². The van der Waals surface area contributed by atoms with Crippen molar-refractivity contribution < 1.29 is 13.5 Å². The second-order valence-electron chi connectivity index (χ2n) is 5.98. The predicted octanol–water partition coefficient (Wildman–Crippen LogP) is 5.48. The standard InChI is InChI=1S/C19H13F2IN4OS/c1-27-16-6-11(5-15(23)18(16)21)12-4-13-14(10-2-3-24-17(20)7-10)9-26(28-22)19(13)25-8-12/h2-9H,23H2,1H3. The third kappa shape index (κ3) is 3.28. The van der Waals surface area contributed by atoms with Crippen LogP contribution in [0.4, 0.5) is 14.5 Å². The van der Waals surface area contributed by atoms with Crippen LogP contribution in [0.1, 0.15) is 0 Å². The first-order valence-corrected chi connectivity index (χ1v) is 11.4. The summed E-state index contributed by atoms with van der Waals surface area (Å²) in [6, 6.07) is 8.15. The van der Waals surface area contributed by atoms with Crippen LogP contribution < -0.4 is 10.5 Å². The lowest BCUT2D eigenvalue weighted by Crippen LogP contribution is -1.96. The summed E-state index contributed by atoms with van der Waals surface area (Å²) in [6.45, 7) is 0. The molecule has 0 aliphatic rings. The Morgan fingerprint density at radius 1 is 1.11 bits per heavy atom. The van der Waals surface area contributed by atoms with Crippen molar-refractivity contribution in [3.05, 3.63) is 60.7 Å². The minimum atomic E-state index is -0.597. The van der Waals surface area contributed by atoms with Gasteiger partial charge in [0.05, 0.1) is 12.8 Å². The second-order valence-corrected chi connectivity index (χ2v) is 7.69. The highest BCUT2D eigenvalue weighted by Gasteiger charge is 2.16. The largest absolute Gasteiger partial charge is 0.494 e. The fourth-order valence-electron chi connectivity index (χ4n) is 3.02. The monoisotopic (exact) mass is 510 g/mol. The molecule has 2 N–H and O–H groups in total. The second kappa shape index (κ2) is 7.55. The van der Waals surface area contributed by atoms with E-state index in [4.69, 9.17) is 10.5 Å². The Morgan fingerprint density at radius 2 is 1.93 bits per heavy atom. The van der Waals surface area contributed by atoms with Gasteiger partial charge in [0.25, 0.3) is 0 Å². The van der Waals surface area contributed by atoms with Crippen LogP contribution in [-0.4, -0.2) is 21.1 Å². The smallest absolute Gasteiger partial charge is 0.213 e. The Kier molecular flexibility index (Phi) is 5.11. The van der Waals surface area contributed by atoms with Gasteiger partial charge in [0.2, 0.25) is 5.95 Å². The molecule has 0 spiro atoms. The average molecular weight is 510 g/mol. The number of nitrogen functional groups attached to an aromatic ring is 1. The maximum absolute atomic E-state index is 14.0. The van der Waals surface area contributed by atoms with Crippen LogP contribution in [0, 0.1) is 11.8 Å². The fourth-order valence-corrected chi connectivity index (χ4v) is 4.28. The van der Waals surface area contributed by atoms with Gasteiger partial charge in [0.1, 0.15) is 0 Å². The number of halogens is 3. The van der Waals surface area contributed by atoms with Crippen molar-refractivity contribution in [2.75, 3.05) is 12.8 Å². The van der Waals surface area contributed by atoms with Crippen molar-refractivity contribution in [2.24, 2.45) is 0 Å². The summed E-state index contributed by atoms with van der Waals surface area (Å²) in [6.07, 6.45) is 5.01. The zero-order valence-corrected chi connectivity index (χ0v) is 17.5. The van der Waals surface area contributed by atoms with Gasteiger partial charge < -0.3 is 10.5 Å². The molecule has 0 atom stereocenters. The Hall–Kier alpha value is -2.40. The third-order valence-corrected chi connectivity index (χ3v) is 6.04. The number of nitrogens with zero attached hydrogens (tertiary/aromatic N) is 3. The van der Waals surface area contributed by atoms with Crippen LogP contribution in [0.25, 0.3) is 33.3 Å². The lowest BCUT2D eigenvalue weighted by Gasteiger charge is -2.09. The fraction of sp³-hybridized carbons (Fsp3) is 0.0526. The Balaban J connectivity index is 1.94. The number of nitrogens with two attached hydrogens (primary N) is 1. The Bertz CT molecular complexity index is 1200. The number of rotatable bonds is 4. The van der Waals surface area contributed by atoms with E-state index in [1.807, 2.05) is 16.2 Å². The Labute approximate surface area is 175 Å². The first-order chi connectivity index (χ1) is 13.5. The summed E-state index contributed by atoms with van der Waals surface area (Å²) in [4.78, 5) is 8.17. The van der Waals surface area contributed by atoms with E-state index < -0.39 is 11.8 Å². The van der Waals surface area contributed by atoms with E-state index in [-0.39, 0.29) is 11.4 Å². The van der Waals surface area contributed by atoms with Crippen LogP contribution in [0.3, 0.4) is 0 Å². The molecule has 28 heavy (non-hydrogen) atoms. The molecular formula is C19H13F2IN4OS. The maximum atomic E-state index is 14.0. The molecule has 9 heteroatoms. The number of fused-ring (bicyclic) bond motifs is 1. The van der Waals surface area contributed by atoms with E-state index in [0.717, 1.165) is 22.2 Å². The van der Waals surface area contributed by atoms with Gasteiger partial charge in [0.15, 0.2) is 17.2 Å². The minimum absolute atomic E-state index is 0.00809. The van der Waals surface area contributed by atoms with E-state index in [9.17, 15) is 8.78 Å². The van der Waals surface area contributed by atoms with Gasteiger partial charge in [-0.1, -0.05) is 0 Å². The molecule has 3 heterocycles. The third-order valence-electron chi connectivity index (χ3n) is 4.34. The SMILES string of the molecule is COc1cc(-c2cnc3c(c2)c(-c2ccnc(F)c2)cn3SI)cc(N)c1F. The van der Waals surface area contributed by atoms with Crippen molar-refractivity contribution in [2.45, 2.75) is 0 Å². The number of pyridine rings is 2. The van der Waals surface area contributed by atoms with Crippen LogP contribution in [0.2, 0.25) is 0 Å². The van der Waals surface area contributed by atoms with Crippen LogP contribution >= 0.6 is 30.3 Å². The summed E-state index contributed by atoms with van der Waals surface area (Å²) in [5.41, 5.74) is 9.42. The molecule has 0 saturated carbocycles. The number of hydrogen-bond acceptors (Lipinski definition) is 5. The van der Waals surface area contributed by atoms with Gasteiger partial charge in [-0.05, 0) is 35.4 Å². The molecule has 0 amide bonds. The first-order valence-electron chi connectivity index (χ1n) is 8.07. The molecule has 3 aromatic heterocycles. The molecule has 142 valence electrons. The van der Waals surface area contributed by atoms with Crippen molar-refractivity contribution in [3.8, 4) is 28.0 Å². The van der Waals surface area contributed by atoms with Gasteiger partial charge in [-0.25, -0.2) is 14.4 Å². The van der Waals surface area contributed by atoms with Crippen molar-refractivity contribution in [1.82, 2.24) is 13.9 Å². The number of benzene rings is 1. The molecule has 0 aliphatic carbocycles. The molecule has 0 fully saturated rings. The highest BCUT2D eigenvalue weighted by Crippen LogP contribution is 2.37. The first kappa shape index (κ1) is 18.9. The molecule has 0 saturated heterocycles. The molecule has 0 unspecified atom stereocenters. The molecule has 0 radical (unpaired) electrons. The molecular weight excluding hydrogens is 497 g/mol. The Morgan fingerprint density at radius 3 is 2.64 bits per heavy atom. The van der Waals surface area contributed by atoms with E-state index in [2.05, 4.69) is 31.2 Å². The van der Waals surface area contributed by atoms with Crippen molar-refractivity contribution in [1.29, 1.82) is 0 Å². The van der Waals surface area contributed by atoms with Gasteiger partial charge in [0, 0.05) is 71.5 Å². The van der Waals surface area contributed by atoms with E-state index in [0.29, 0.717) is 11.1 Å². The van der Waals surface area contributed by atoms with E-state index in [1.54, 1.807) is 18.3 Å². The zero-order valence-electron chi connectivity index (χ0n) is 14.5. The molecule has 0 aliphatic heterocycles. The predicted molar refractivity (Wildman–Crippen MR) is 116 cm³/mol. The van der Waals surface area contributed by atoms with Crippen molar-refractivity contribution >= 4 is 47.0 Å². The summed E-state index contributed by atoms with van der Waals surface area (Å²) >= 11 is 2.16. The molecule has 4 rings (SSSR count). The summed E-state index contributed by atoms with van der Waals surface area (Å²) in [7, 11) is 2.84. The highest BCUT2D eigenvalue weighted by atomic mass is 127. The normalized spacial score (nSPS) is 11.1. The van der Waals surface area contributed by atoms with Crippen LogP contribution in [0.15, 0.2) is 48.9 Å². The van der Waals surface area contributed by atoms with E-state index in [1.165, 1.54) is 34.6 Å². The quantitative estimate of drug-likeness (QED) is 0.224. The topological polar surface area (TPSA) is 66.0 Å². The number of methoxy groups -OCH3 is 1. The number of hydrogen-bond donors (Lipinski definition) is 1. The molecule has 1 aromatic carbocycles. The number of anilines is 1. The van der Waals surface area contributed by atoms with Crippen molar-refractivity contribution in [3.63, 3.8) is 0 Å². The summed E-state index contributed by atoms with van der Waals surface area (Å²) in [5, 5.41) is 0.828. The molecule has 0 bridgehead atoms. The average Bonchev–Trinajstić information content (AvgIpc) is 3.08. The number of aromatic nitrogens is 3. The minimum Gasteiger partial charge on any atom is -0.494 e. The zero-order chi connectivity index (χ0) is 19.8. The van der Waals surface area contributed by atoms with Gasteiger partial charge >= 0.3 is 0 Å². The highest BCUT2D eigenvalue weighted by molar-refractivity contribution is 14.2. The van der Waals surface area contributed by atoms with Gasteiger partial charge in [-0.15, -0.1) is 0 Å². The lowest BCUT2D eigenvalue weighted by atomic mass is 10.0. The van der Waals surface area contributed by atoms with Gasteiger partial charge in [-0.3, -0.25) is 3.97 Å². The summed E-state index contributed by atoms with van der Waals surface area (Å²) < 4.78 is 34.6. The maximum Gasteiger partial charge on any atom is 0.213 e. The summed E-state index contributed by atoms with van der Waals surface area (Å²) in [5.74, 6) is -1.09. The lowest BCUT2D eigenvalue weighted by molar-refractivity contribution is 0.388. The molecule has 5 nitrogen and oxygen atoms in total.